The number of pyridine rings is 1. The van der Waals surface area contributed by atoms with Gasteiger partial charge >= 0.3 is 0 Å². The highest BCUT2D eigenvalue weighted by molar-refractivity contribution is 7.14. The number of nitrogens with zero attached hydrogens (tertiary/aromatic N) is 4. The van der Waals surface area contributed by atoms with Crippen molar-refractivity contribution in [3.05, 3.63) is 52.2 Å². The van der Waals surface area contributed by atoms with E-state index < -0.39 is 29.3 Å². The molecule has 3 aromatic heterocycles. The summed E-state index contributed by atoms with van der Waals surface area (Å²) in [6.07, 6.45) is -0.619. The number of nitrogens with one attached hydrogen (secondary N) is 1. The van der Waals surface area contributed by atoms with Crippen LogP contribution in [0.4, 0.5) is 11.6 Å². The zero-order chi connectivity index (χ0) is 24.3. The van der Waals surface area contributed by atoms with Crippen LogP contribution in [0.5, 0.6) is 0 Å². The van der Waals surface area contributed by atoms with Gasteiger partial charge in [0.25, 0.3) is 11.5 Å². The number of aromatic nitrogens is 4. The quantitative estimate of drug-likeness (QED) is 0.327. The van der Waals surface area contributed by atoms with E-state index in [2.05, 4.69) is 19.3 Å². The van der Waals surface area contributed by atoms with Gasteiger partial charge in [0.1, 0.15) is 29.2 Å². The lowest BCUT2D eigenvalue weighted by Crippen LogP contribution is -2.51. The Balaban J connectivity index is 1.32. The zero-order valence-corrected chi connectivity index (χ0v) is 19.3. The number of aliphatic hydroxyl groups excluding tert-OH is 1. The van der Waals surface area contributed by atoms with Crippen LogP contribution < -0.4 is 16.2 Å². The predicted molar refractivity (Wildman–Crippen MR) is 129 cm³/mol. The number of aliphatic hydroxyl groups is 2. The summed E-state index contributed by atoms with van der Waals surface area (Å²) in [5, 5.41) is 22.7. The third-order valence-electron chi connectivity index (χ3n) is 6.71. The molecule has 4 heterocycles. The molecule has 1 aliphatic carbocycles. The van der Waals surface area contributed by atoms with E-state index in [1.807, 2.05) is 0 Å². The molecule has 1 amide bonds. The number of benzene rings is 1. The van der Waals surface area contributed by atoms with Gasteiger partial charge in [-0.05, 0) is 55.1 Å². The number of nitrogens with two attached hydrogens (primary N) is 1. The lowest BCUT2D eigenvalue weighted by Gasteiger charge is -2.37. The monoisotopic (exact) mass is 494 g/mol. The molecular formula is C23H22N6O5S. The summed E-state index contributed by atoms with van der Waals surface area (Å²) in [7, 11) is 0. The fourth-order valence-electron chi connectivity index (χ4n) is 4.61. The smallest absolute Gasteiger partial charge is 0.260 e. The molecule has 12 heteroatoms. The van der Waals surface area contributed by atoms with Gasteiger partial charge in [-0.25, -0.2) is 9.97 Å². The third kappa shape index (κ3) is 3.48. The summed E-state index contributed by atoms with van der Waals surface area (Å²) in [6.45, 7) is 0.394. The first-order chi connectivity index (χ1) is 16.9. The Bertz CT molecular complexity index is 1530. The SMILES string of the molecule is Nc1nsc2c1ccc1nc(C(O)[C@H]3OCCN(c4cccc(C5(O)CCC5)n4)C3=O)[nH]c(=O)c12. The summed E-state index contributed by atoms with van der Waals surface area (Å²) in [5.74, 6) is 0.115. The van der Waals surface area contributed by atoms with Crippen molar-refractivity contribution >= 4 is 50.1 Å². The van der Waals surface area contributed by atoms with Crippen molar-refractivity contribution in [2.24, 2.45) is 0 Å². The molecule has 180 valence electrons. The molecule has 2 aliphatic rings. The van der Waals surface area contributed by atoms with Crippen LogP contribution in [0.2, 0.25) is 0 Å². The molecule has 1 saturated heterocycles. The Kier molecular flexibility index (Phi) is 5.07. The minimum atomic E-state index is -1.51. The minimum Gasteiger partial charge on any atom is -0.384 e. The summed E-state index contributed by atoms with van der Waals surface area (Å²) < 4.78 is 10.3. The van der Waals surface area contributed by atoms with Crippen molar-refractivity contribution in [1.82, 2.24) is 19.3 Å². The Labute approximate surface area is 202 Å². The van der Waals surface area contributed by atoms with Crippen molar-refractivity contribution in [2.75, 3.05) is 23.8 Å². The van der Waals surface area contributed by atoms with Crippen molar-refractivity contribution in [2.45, 2.75) is 37.1 Å². The molecule has 6 rings (SSSR count). The maximum Gasteiger partial charge on any atom is 0.260 e. The molecule has 4 aromatic rings. The van der Waals surface area contributed by atoms with Crippen molar-refractivity contribution < 1.29 is 19.7 Å². The topological polar surface area (TPSA) is 168 Å². The number of hydrogen-bond acceptors (Lipinski definition) is 10. The van der Waals surface area contributed by atoms with E-state index in [1.165, 1.54) is 4.90 Å². The van der Waals surface area contributed by atoms with Gasteiger partial charge < -0.3 is 25.7 Å². The third-order valence-corrected chi connectivity index (χ3v) is 7.61. The first-order valence-electron chi connectivity index (χ1n) is 11.2. The van der Waals surface area contributed by atoms with Gasteiger partial charge in [-0.15, -0.1) is 0 Å². The van der Waals surface area contributed by atoms with Crippen LogP contribution in [0.1, 0.15) is 36.9 Å². The number of nitrogen functional groups attached to an aromatic ring is 1. The number of carbonyl (C=O) groups is 1. The summed E-state index contributed by atoms with van der Waals surface area (Å²) in [4.78, 5) is 39.1. The number of morpholine rings is 1. The average Bonchev–Trinajstić information content (AvgIpc) is 3.22. The number of hydrogen-bond donors (Lipinski definition) is 4. The second-order valence-corrected chi connectivity index (χ2v) is 9.62. The molecule has 35 heavy (non-hydrogen) atoms. The molecule has 0 bridgehead atoms. The number of fused-ring (bicyclic) bond motifs is 3. The molecule has 0 radical (unpaired) electrons. The molecule has 1 aliphatic heterocycles. The number of amides is 1. The number of anilines is 2. The largest absolute Gasteiger partial charge is 0.384 e. The van der Waals surface area contributed by atoms with Gasteiger partial charge in [-0.3, -0.25) is 14.5 Å². The Hall–Kier alpha value is -3.45. The average molecular weight is 495 g/mol. The van der Waals surface area contributed by atoms with Gasteiger partial charge in [0, 0.05) is 5.39 Å². The van der Waals surface area contributed by atoms with Gasteiger partial charge in [-0.2, -0.15) is 4.37 Å². The van der Waals surface area contributed by atoms with E-state index >= 15 is 0 Å². The van der Waals surface area contributed by atoms with Gasteiger partial charge in [-0.1, -0.05) is 6.07 Å². The second-order valence-electron chi connectivity index (χ2n) is 8.85. The Morgan fingerprint density at radius 2 is 2.06 bits per heavy atom. The predicted octanol–water partition coefficient (Wildman–Crippen LogP) is 1.35. The van der Waals surface area contributed by atoms with Crippen LogP contribution in [-0.4, -0.2) is 54.7 Å². The van der Waals surface area contributed by atoms with Crippen LogP contribution in [0.15, 0.2) is 35.1 Å². The number of rotatable bonds is 4. The molecule has 0 spiro atoms. The summed E-state index contributed by atoms with van der Waals surface area (Å²) in [6, 6.07) is 8.53. The van der Waals surface area contributed by atoms with E-state index in [4.69, 9.17) is 10.5 Å². The maximum atomic E-state index is 13.3. The number of ether oxygens (including phenoxy) is 1. The lowest BCUT2D eigenvalue weighted by molar-refractivity contribution is -0.143. The fraction of sp³-hybridized carbons (Fsp3) is 0.348. The standard InChI is InChI=1S/C23H22N6O5S/c24-19-11-5-6-12-15(18(11)35-28-19)21(31)27-20(25-12)16(30)17-22(32)29(9-10-34-17)14-4-1-3-13(26-14)23(33)7-2-8-23/h1,3-6,16-17,30,33H,2,7-10H2,(H2,24,28)(H,25,27,31)/t16?,17-/m1/s1. The fourth-order valence-corrected chi connectivity index (χ4v) is 5.45. The highest BCUT2D eigenvalue weighted by Gasteiger charge is 2.40. The molecule has 1 saturated carbocycles. The molecule has 5 N–H and O–H groups in total. The minimum absolute atomic E-state index is 0.0787. The van der Waals surface area contributed by atoms with Crippen molar-refractivity contribution in [3.63, 3.8) is 0 Å². The normalized spacial score (nSPS) is 20.8. The summed E-state index contributed by atoms with van der Waals surface area (Å²) >= 11 is 1.10. The molecule has 1 unspecified atom stereocenters. The van der Waals surface area contributed by atoms with Crippen molar-refractivity contribution in [1.29, 1.82) is 0 Å². The first kappa shape index (κ1) is 22.0. The van der Waals surface area contributed by atoms with E-state index in [-0.39, 0.29) is 19.0 Å². The van der Waals surface area contributed by atoms with Crippen LogP contribution in [0, 0.1) is 0 Å². The van der Waals surface area contributed by atoms with Gasteiger partial charge in [0.2, 0.25) is 0 Å². The summed E-state index contributed by atoms with van der Waals surface area (Å²) in [5.41, 5.74) is 5.30. The molecule has 1 aromatic carbocycles. The second kappa shape index (κ2) is 8.05. The Morgan fingerprint density at radius 3 is 2.83 bits per heavy atom. The highest BCUT2D eigenvalue weighted by Crippen LogP contribution is 2.40. The number of aromatic amines is 1. The van der Waals surface area contributed by atoms with E-state index in [1.54, 1.807) is 30.3 Å². The highest BCUT2D eigenvalue weighted by atomic mass is 32.1. The lowest BCUT2D eigenvalue weighted by atomic mass is 9.77. The van der Waals surface area contributed by atoms with E-state index in [0.29, 0.717) is 51.2 Å². The molecule has 2 atom stereocenters. The van der Waals surface area contributed by atoms with Crippen molar-refractivity contribution in [3.8, 4) is 0 Å². The molecular weight excluding hydrogens is 472 g/mol. The molecule has 11 nitrogen and oxygen atoms in total. The van der Waals surface area contributed by atoms with Gasteiger partial charge in [0.15, 0.2) is 6.10 Å². The number of H-pyrrole nitrogens is 1. The van der Waals surface area contributed by atoms with Gasteiger partial charge in [0.05, 0.1) is 34.4 Å². The van der Waals surface area contributed by atoms with Crippen LogP contribution in [-0.2, 0) is 15.1 Å². The van der Waals surface area contributed by atoms with Crippen LogP contribution in [0.25, 0.3) is 21.0 Å². The van der Waals surface area contributed by atoms with E-state index in [9.17, 15) is 19.8 Å². The maximum absolute atomic E-state index is 13.3. The number of carbonyl (C=O) groups excluding carboxylic acids is 1. The van der Waals surface area contributed by atoms with E-state index in [0.717, 1.165) is 18.0 Å². The first-order valence-corrected chi connectivity index (χ1v) is 12.0. The van der Waals surface area contributed by atoms with Crippen LogP contribution in [0.3, 0.4) is 0 Å². The van der Waals surface area contributed by atoms with Crippen LogP contribution >= 0.6 is 11.5 Å². The molecule has 2 fully saturated rings. The Morgan fingerprint density at radius 1 is 1.23 bits per heavy atom. The zero-order valence-electron chi connectivity index (χ0n) is 18.5.